The smallest absolute Gasteiger partial charge is 0.154 e. The second kappa shape index (κ2) is 7.65. The van der Waals surface area contributed by atoms with Crippen molar-refractivity contribution < 1.29 is 4.39 Å². The fraction of sp³-hybridized carbons (Fsp3) is 0.292. The van der Waals surface area contributed by atoms with Crippen LogP contribution in [-0.4, -0.2) is 32.4 Å². The highest BCUT2D eigenvalue weighted by Gasteiger charge is 2.47. The molecule has 4 aromatic rings. The molecule has 4 heterocycles. The van der Waals surface area contributed by atoms with Crippen molar-refractivity contribution in [1.82, 2.24) is 19.4 Å². The predicted molar refractivity (Wildman–Crippen MR) is 127 cm³/mol. The minimum atomic E-state index is -0.328. The van der Waals surface area contributed by atoms with Crippen molar-refractivity contribution >= 4 is 34.5 Å². The van der Waals surface area contributed by atoms with Crippen LogP contribution in [0, 0.1) is 11.2 Å². The number of pyridine rings is 1. The lowest BCUT2D eigenvalue weighted by molar-refractivity contribution is 0.186. The molecule has 1 aliphatic carbocycles. The molecule has 1 saturated heterocycles. The van der Waals surface area contributed by atoms with Gasteiger partial charge in [0, 0.05) is 42.8 Å². The van der Waals surface area contributed by atoms with Crippen molar-refractivity contribution in [1.29, 1.82) is 0 Å². The van der Waals surface area contributed by atoms with Crippen molar-refractivity contribution in [3.05, 3.63) is 76.2 Å². The average molecular weight is 483 g/mol. The SMILES string of the molecule is NC1c2cc(F)cnc2CC12CCN(c1nccn3c(-c4cccc(Cl)c4Cl)ncc13)CC2. The van der Waals surface area contributed by atoms with E-state index in [1.807, 2.05) is 28.9 Å². The zero-order chi connectivity index (χ0) is 22.7. The Morgan fingerprint density at radius 1 is 1.09 bits per heavy atom. The molecule has 1 aromatic carbocycles. The molecule has 1 unspecified atom stereocenters. The monoisotopic (exact) mass is 482 g/mol. The van der Waals surface area contributed by atoms with Crippen LogP contribution in [0.4, 0.5) is 10.2 Å². The number of halogens is 3. The summed E-state index contributed by atoms with van der Waals surface area (Å²) >= 11 is 12.7. The van der Waals surface area contributed by atoms with E-state index in [2.05, 4.69) is 19.9 Å². The summed E-state index contributed by atoms with van der Waals surface area (Å²) < 4.78 is 15.7. The van der Waals surface area contributed by atoms with Gasteiger partial charge in [0.2, 0.25) is 0 Å². The first-order valence-corrected chi connectivity index (χ1v) is 11.6. The molecule has 0 radical (unpaired) electrons. The van der Waals surface area contributed by atoms with Crippen molar-refractivity contribution in [3.63, 3.8) is 0 Å². The number of nitrogens with zero attached hydrogens (tertiary/aromatic N) is 5. The number of imidazole rings is 1. The van der Waals surface area contributed by atoms with Crippen LogP contribution < -0.4 is 10.6 Å². The van der Waals surface area contributed by atoms with Crippen LogP contribution in [0.2, 0.25) is 10.0 Å². The van der Waals surface area contributed by atoms with Gasteiger partial charge in [0.15, 0.2) is 5.82 Å². The topological polar surface area (TPSA) is 72.3 Å². The van der Waals surface area contributed by atoms with Crippen LogP contribution in [0.5, 0.6) is 0 Å². The Bertz CT molecular complexity index is 1380. The van der Waals surface area contributed by atoms with Gasteiger partial charge in [-0.05, 0) is 48.4 Å². The molecular weight excluding hydrogens is 462 g/mol. The summed E-state index contributed by atoms with van der Waals surface area (Å²) in [6.07, 6.45) is 9.33. The van der Waals surface area contributed by atoms with Crippen molar-refractivity contribution in [2.75, 3.05) is 18.0 Å². The van der Waals surface area contributed by atoms with Gasteiger partial charge in [0.1, 0.15) is 17.2 Å². The summed E-state index contributed by atoms with van der Waals surface area (Å²) in [6.45, 7) is 1.60. The van der Waals surface area contributed by atoms with E-state index in [1.165, 1.54) is 6.20 Å². The van der Waals surface area contributed by atoms with E-state index >= 15 is 0 Å². The number of piperidine rings is 1. The Morgan fingerprint density at radius 3 is 2.73 bits per heavy atom. The standard InChI is InChI=1S/C24H21Cl2FN6/c25-17-3-1-2-15(20(17)26)22-31-13-19-23(29-6-9-33(19)22)32-7-4-24(5-8-32)11-18-16(21(24)28)10-14(27)12-30-18/h1-3,6,9-10,12-13,21H,4-5,7-8,11,28H2. The number of aromatic nitrogens is 4. The number of benzene rings is 1. The molecule has 9 heteroatoms. The molecule has 1 fully saturated rings. The summed E-state index contributed by atoms with van der Waals surface area (Å²) in [6, 6.07) is 6.87. The highest BCUT2D eigenvalue weighted by Crippen LogP contribution is 2.50. The van der Waals surface area contributed by atoms with Crippen LogP contribution in [0.15, 0.2) is 49.1 Å². The van der Waals surface area contributed by atoms with Gasteiger partial charge in [-0.3, -0.25) is 9.38 Å². The number of nitrogens with two attached hydrogens (primary N) is 1. The molecular formula is C24H21Cl2FN6. The second-order valence-corrected chi connectivity index (χ2v) is 9.67. The molecule has 1 aliphatic heterocycles. The third kappa shape index (κ3) is 3.21. The molecule has 0 amide bonds. The number of fused-ring (bicyclic) bond motifs is 2. The molecule has 1 spiro atoms. The van der Waals surface area contributed by atoms with Crippen LogP contribution in [-0.2, 0) is 6.42 Å². The summed E-state index contributed by atoms with van der Waals surface area (Å²) in [7, 11) is 0. The van der Waals surface area contributed by atoms with E-state index in [9.17, 15) is 4.39 Å². The molecule has 33 heavy (non-hydrogen) atoms. The average Bonchev–Trinajstić information content (AvgIpc) is 3.36. The molecule has 6 nitrogen and oxygen atoms in total. The number of hydrogen-bond donors (Lipinski definition) is 1. The molecule has 0 bridgehead atoms. The third-order valence-corrected chi connectivity index (χ3v) is 7.99. The molecule has 1 atom stereocenters. The highest BCUT2D eigenvalue weighted by molar-refractivity contribution is 6.43. The number of anilines is 1. The fourth-order valence-corrected chi connectivity index (χ4v) is 5.74. The molecule has 6 rings (SSSR count). The van der Waals surface area contributed by atoms with Crippen LogP contribution >= 0.6 is 23.2 Å². The van der Waals surface area contributed by atoms with E-state index in [1.54, 1.807) is 18.3 Å². The largest absolute Gasteiger partial charge is 0.355 e. The van der Waals surface area contributed by atoms with Gasteiger partial charge in [-0.25, -0.2) is 14.4 Å². The van der Waals surface area contributed by atoms with Gasteiger partial charge in [0.25, 0.3) is 0 Å². The Labute approximate surface area is 200 Å². The Kier molecular flexibility index (Phi) is 4.83. The minimum absolute atomic E-state index is 0.0928. The Balaban J connectivity index is 1.30. The van der Waals surface area contributed by atoms with Gasteiger partial charge in [-0.1, -0.05) is 29.3 Å². The lowest BCUT2D eigenvalue weighted by atomic mass is 9.73. The minimum Gasteiger partial charge on any atom is -0.355 e. The van der Waals surface area contributed by atoms with Crippen molar-refractivity contribution in [2.45, 2.75) is 25.3 Å². The molecule has 2 aliphatic rings. The number of rotatable bonds is 2. The molecule has 0 saturated carbocycles. The summed E-state index contributed by atoms with van der Waals surface area (Å²) in [5.74, 6) is 1.26. The van der Waals surface area contributed by atoms with E-state index < -0.39 is 0 Å². The predicted octanol–water partition coefficient (Wildman–Crippen LogP) is 5.08. The van der Waals surface area contributed by atoms with Crippen LogP contribution in [0.25, 0.3) is 16.9 Å². The normalized spacial score (nSPS) is 19.4. The van der Waals surface area contributed by atoms with Gasteiger partial charge in [-0.2, -0.15) is 0 Å². The lowest BCUT2D eigenvalue weighted by Gasteiger charge is -2.42. The zero-order valence-electron chi connectivity index (χ0n) is 17.7. The van der Waals surface area contributed by atoms with Crippen LogP contribution in [0.3, 0.4) is 0 Å². The first kappa shape index (κ1) is 20.8. The zero-order valence-corrected chi connectivity index (χ0v) is 19.2. The van der Waals surface area contributed by atoms with Gasteiger partial charge in [-0.15, -0.1) is 0 Å². The first-order chi connectivity index (χ1) is 16.0. The van der Waals surface area contributed by atoms with Crippen molar-refractivity contribution in [2.24, 2.45) is 11.1 Å². The molecule has 3 aromatic heterocycles. The molecule has 2 N–H and O–H groups in total. The van der Waals surface area contributed by atoms with Crippen molar-refractivity contribution in [3.8, 4) is 11.4 Å². The van der Waals surface area contributed by atoms with Gasteiger partial charge in [0.05, 0.1) is 22.4 Å². The quantitative estimate of drug-likeness (QED) is 0.431. The summed E-state index contributed by atoms with van der Waals surface area (Å²) in [5, 5.41) is 0.967. The summed E-state index contributed by atoms with van der Waals surface area (Å²) in [4.78, 5) is 15.9. The molecule has 168 valence electrons. The maximum atomic E-state index is 13.7. The van der Waals surface area contributed by atoms with E-state index in [0.29, 0.717) is 10.0 Å². The van der Waals surface area contributed by atoms with Gasteiger partial charge < -0.3 is 10.6 Å². The number of hydrogen-bond acceptors (Lipinski definition) is 5. The van der Waals surface area contributed by atoms with E-state index in [-0.39, 0.29) is 17.3 Å². The fourth-order valence-electron chi connectivity index (χ4n) is 5.36. The van der Waals surface area contributed by atoms with Gasteiger partial charge >= 0.3 is 0 Å². The Morgan fingerprint density at radius 2 is 1.91 bits per heavy atom. The summed E-state index contributed by atoms with van der Waals surface area (Å²) in [5.41, 5.74) is 9.98. The van der Waals surface area contributed by atoms with E-state index in [0.717, 1.165) is 66.3 Å². The first-order valence-electron chi connectivity index (χ1n) is 10.9. The van der Waals surface area contributed by atoms with Crippen LogP contribution in [0.1, 0.15) is 30.1 Å². The second-order valence-electron chi connectivity index (χ2n) is 8.88. The maximum Gasteiger partial charge on any atom is 0.154 e. The lowest BCUT2D eigenvalue weighted by Crippen LogP contribution is -2.44. The maximum absolute atomic E-state index is 13.7. The highest BCUT2D eigenvalue weighted by atomic mass is 35.5. The van der Waals surface area contributed by atoms with E-state index in [4.69, 9.17) is 28.9 Å². The third-order valence-electron chi connectivity index (χ3n) is 7.17. The Hall–Kier alpha value is -2.74.